The Morgan fingerprint density at radius 3 is 1.64 bits per heavy atom. The van der Waals surface area contributed by atoms with Crippen LogP contribution in [0.25, 0.3) is 21.8 Å². The Morgan fingerprint density at radius 2 is 1.10 bits per heavy atom. The van der Waals surface area contributed by atoms with E-state index in [4.69, 9.17) is 30.5 Å². The summed E-state index contributed by atoms with van der Waals surface area (Å²) in [6.45, 7) is 15.7. The lowest BCUT2D eigenvalue weighted by Crippen LogP contribution is -2.36. The predicted octanol–water partition coefficient (Wildman–Crippen LogP) is 10.8. The van der Waals surface area contributed by atoms with Crippen molar-refractivity contribution in [1.82, 2.24) is 29.9 Å². The Balaban J connectivity index is 0.000000182. The molecule has 0 radical (unpaired) electrons. The van der Waals surface area contributed by atoms with Crippen molar-refractivity contribution in [2.75, 3.05) is 73.3 Å². The van der Waals surface area contributed by atoms with Crippen LogP contribution < -0.4 is 30.1 Å². The van der Waals surface area contributed by atoms with Gasteiger partial charge in [0.15, 0.2) is 11.6 Å². The van der Waals surface area contributed by atoms with Gasteiger partial charge in [-0.3, -0.25) is 20.8 Å². The van der Waals surface area contributed by atoms with E-state index in [2.05, 4.69) is 85.9 Å². The summed E-state index contributed by atoms with van der Waals surface area (Å²) in [5, 5.41) is 11.1. The number of anilines is 4. The molecule has 0 spiro atoms. The van der Waals surface area contributed by atoms with Crippen LogP contribution in [-0.2, 0) is 9.47 Å². The van der Waals surface area contributed by atoms with E-state index in [-0.39, 0.29) is 12.0 Å². The van der Waals surface area contributed by atoms with E-state index in [0.717, 1.165) is 76.4 Å². The van der Waals surface area contributed by atoms with Crippen molar-refractivity contribution in [3.8, 4) is 23.5 Å². The van der Waals surface area contributed by atoms with Gasteiger partial charge < -0.3 is 28.7 Å². The Hall–Kier alpha value is -7.79. The molecule has 2 saturated heterocycles. The third-order valence-electron chi connectivity index (χ3n) is 10.8. The van der Waals surface area contributed by atoms with Crippen LogP contribution >= 0.6 is 11.6 Å². The van der Waals surface area contributed by atoms with Gasteiger partial charge in [0.25, 0.3) is 0 Å². The number of rotatable bonds is 12. The zero-order valence-electron chi connectivity index (χ0n) is 39.8. The van der Waals surface area contributed by atoms with Gasteiger partial charge in [-0.2, -0.15) is 30.1 Å². The minimum Gasteiger partial charge on any atom is -0.424 e. The standard InChI is InChI=1S/C26H26N6O2.C25H23ClN6O2.C2H6/c1-18-4-3-5-20(14-18)17-27-31-24-16-25(32-10-12-33-13-11-32)30-26(29-24)34-22-8-9-23-21(15-22)7-6-19(2)28-23;1-17-3-2-4-18(13-17)16-28-31-23-15-24(32-9-11-33-12-10-32)30-25(29-23)34-19-5-6-22-20(14-19)21(26)7-8-27-22;1-2/h3-9,14-17H,10-13H2,1-2H3,(H,29,30,31);2-8,13-16H,9-12H2,1H3,(H,29,30,31);1-2H3/b27-17+;28-16+;. The van der Waals surface area contributed by atoms with E-state index < -0.39 is 0 Å². The normalized spacial score (nSPS) is 13.7. The summed E-state index contributed by atoms with van der Waals surface area (Å²) >= 11 is 6.33. The third-order valence-corrected chi connectivity index (χ3v) is 11.1. The number of halogens is 1. The Kier molecular flexibility index (Phi) is 16.7. The molecule has 0 amide bonds. The summed E-state index contributed by atoms with van der Waals surface area (Å²) in [4.78, 5) is 31.5. The first-order chi connectivity index (χ1) is 34.3. The fraction of sp³-hybridized carbons (Fsp3) is 0.245. The summed E-state index contributed by atoms with van der Waals surface area (Å²) in [5.74, 6) is 3.79. The van der Waals surface area contributed by atoms with Crippen molar-refractivity contribution in [3.63, 3.8) is 0 Å². The fourth-order valence-electron chi connectivity index (χ4n) is 7.42. The summed E-state index contributed by atoms with van der Waals surface area (Å²) in [5.41, 5.74) is 13.1. The number of hydrogen-bond donors (Lipinski definition) is 2. The van der Waals surface area contributed by atoms with Crippen molar-refractivity contribution in [1.29, 1.82) is 0 Å². The number of nitrogens with zero attached hydrogens (tertiary/aromatic N) is 10. The fourth-order valence-corrected chi connectivity index (χ4v) is 7.63. The lowest BCUT2D eigenvalue weighted by atomic mass is 10.2. The molecule has 2 fully saturated rings. The number of benzene rings is 4. The predicted molar refractivity (Wildman–Crippen MR) is 280 cm³/mol. The highest BCUT2D eigenvalue weighted by Crippen LogP contribution is 2.30. The summed E-state index contributed by atoms with van der Waals surface area (Å²) in [6.07, 6.45) is 5.19. The van der Waals surface area contributed by atoms with E-state index in [0.29, 0.717) is 54.6 Å². The van der Waals surface area contributed by atoms with E-state index in [9.17, 15) is 0 Å². The summed E-state index contributed by atoms with van der Waals surface area (Å²) < 4.78 is 23.1. The van der Waals surface area contributed by atoms with Crippen LogP contribution in [0.5, 0.6) is 23.5 Å². The van der Waals surface area contributed by atoms with Crippen LogP contribution in [0.3, 0.4) is 0 Å². The average Bonchev–Trinajstić information content (AvgIpc) is 3.38. The first-order valence-electron chi connectivity index (χ1n) is 23.2. The molecule has 8 aromatic rings. The molecule has 2 aliphatic rings. The number of morpholine rings is 2. The van der Waals surface area contributed by atoms with Gasteiger partial charge in [0.1, 0.15) is 23.1 Å². The zero-order valence-corrected chi connectivity index (χ0v) is 40.6. The van der Waals surface area contributed by atoms with Crippen molar-refractivity contribution in [2.45, 2.75) is 34.6 Å². The van der Waals surface area contributed by atoms with Crippen LogP contribution in [-0.4, -0.2) is 94.9 Å². The largest absolute Gasteiger partial charge is 0.424 e. The second-order valence-corrected chi connectivity index (χ2v) is 16.4. The molecule has 70 heavy (non-hydrogen) atoms. The van der Waals surface area contributed by atoms with E-state index in [1.54, 1.807) is 24.7 Å². The highest BCUT2D eigenvalue weighted by atomic mass is 35.5. The van der Waals surface area contributed by atoms with Gasteiger partial charge in [-0.1, -0.05) is 91.2 Å². The molecule has 0 bridgehead atoms. The average molecular weight is 960 g/mol. The molecule has 6 heterocycles. The minimum atomic E-state index is 0.205. The van der Waals surface area contributed by atoms with Crippen LogP contribution in [0.4, 0.5) is 23.3 Å². The van der Waals surface area contributed by atoms with Gasteiger partial charge in [-0.05, 0) is 80.4 Å². The van der Waals surface area contributed by atoms with Gasteiger partial charge in [-0.25, -0.2) is 0 Å². The number of aryl methyl sites for hydroxylation is 3. The number of fused-ring (bicyclic) bond motifs is 2. The molecule has 4 aromatic heterocycles. The highest BCUT2D eigenvalue weighted by molar-refractivity contribution is 6.35. The number of aromatic nitrogens is 6. The lowest BCUT2D eigenvalue weighted by molar-refractivity contribution is 0.122. The second kappa shape index (κ2) is 24.0. The second-order valence-electron chi connectivity index (χ2n) is 16.0. The molecule has 0 atom stereocenters. The molecule has 10 rings (SSSR count). The monoisotopic (exact) mass is 958 g/mol. The summed E-state index contributed by atoms with van der Waals surface area (Å²) in [7, 11) is 0. The van der Waals surface area contributed by atoms with Gasteiger partial charge >= 0.3 is 12.0 Å². The minimum absolute atomic E-state index is 0.205. The molecule has 17 heteroatoms. The Bertz CT molecular complexity index is 3080. The van der Waals surface area contributed by atoms with Gasteiger partial charge in [0, 0.05) is 61.0 Å². The number of hydrazone groups is 2. The Morgan fingerprint density at radius 1 is 0.571 bits per heavy atom. The molecule has 2 aliphatic heterocycles. The summed E-state index contributed by atoms with van der Waals surface area (Å²) in [6, 6.07) is 37.4. The van der Waals surface area contributed by atoms with Crippen LogP contribution in [0.15, 0.2) is 132 Å². The SMILES string of the molecule is CC.Cc1cccc(/C=N/Nc2cc(N3CCOCC3)nc(Oc3ccc4nc(C)ccc4c3)n2)c1.Cc1cccc(/C=N/Nc2cc(N3CCOCC3)nc(Oc3ccc4nccc(Cl)c4c3)n2)c1. The number of hydrogen-bond acceptors (Lipinski definition) is 16. The smallest absolute Gasteiger partial charge is 0.325 e. The zero-order chi connectivity index (χ0) is 48.7. The van der Waals surface area contributed by atoms with E-state index >= 15 is 0 Å². The van der Waals surface area contributed by atoms with Crippen molar-refractivity contribution in [3.05, 3.63) is 154 Å². The third kappa shape index (κ3) is 13.5. The molecule has 358 valence electrons. The van der Waals surface area contributed by atoms with Crippen LogP contribution in [0, 0.1) is 20.8 Å². The molecule has 0 aliphatic carbocycles. The van der Waals surface area contributed by atoms with Crippen LogP contribution in [0.2, 0.25) is 5.02 Å². The highest BCUT2D eigenvalue weighted by Gasteiger charge is 2.18. The van der Waals surface area contributed by atoms with Crippen molar-refractivity contribution in [2.24, 2.45) is 10.2 Å². The molecule has 4 aromatic carbocycles. The first-order valence-corrected chi connectivity index (χ1v) is 23.6. The quantitative estimate of drug-likeness (QED) is 0.0876. The molecular formula is C53H55ClN12O4. The molecule has 16 nitrogen and oxygen atoms in total. The van der Waals surface area contributed by atoms with E-state index in [1.807, 2.05) is 119 Å². The van der Waals surface area contributed by atoms with Gasteiger partial charge in [0.2, 0.25) is 0 Å². The maximum Gasteiger partial charge on any atom is 0.325 e. The maximum atomic E-state index is 6.33. The lowest BCUT2D eigenvalue weighted by Gasteiger charge is -2.28. The van der Waals surface area contributed by atoms with Gasteiger partial charge in [-0.15, -0.1) is 0 Å². The van der Waals surface area contributed by atoms with E-state index in [1.165, 1.54) is 11.1 Å². The first kappa shape index (κ1) is 48.7. The number of nitrogens with one attached hydrogen (secondary N) is 2. The van der Waals surface area contributed by atoms with Crippen molar-refractivity contribution < 1.29 is 18.9 Å². The number of pyridine rings is 2. The molecule has 0 saturated carbocycles. The topological polar surface area (TPSA) is 170 Å². The molecular weight excluding hydrogens is 904 g/mol. The molecule has 0 unspecified atom stereocenters. The van der Waals surface area contributed by atoms with Crippen molar-refractivity contribution >= 4 is 69.1 Å². The number of ether oxygens (including phenoxy) is 4. The van der Waals surface area contributed by atoms with Crippen LogP contribution in [0.1, 0.15) is 41.8 Å². The molecule has 2 N–H and O–H groups in total. The Labute approximate surface area is 412 Å². The maximum absolute atomic E-state index is 6.33. The van der Waals surface area contributed by atoms with Gasteiger partial charge in [0.05, 0.1) is 54.9 Å².